The maximum Gasteiger partial charge on any atom is 0.247 e. The zero-order valence-electron chi connectivity index (χ0n) is 14.9. The summed E-state index contributed by atoms with van der Waals surface area (Å²) in [6, 6.07) is 14.1. The van der Waals surface area contributed by atoms with Crippen molar-refractivity contribution in [1.29, 1.82) is 0 Å². The Hall–Kier alpha value is -1.80. The first-order chi connectivity index (χ1) is 13.3. The molecule has 1 amide bonds. The predicted octanol–water partition coefficient (Wildman–Crippen LogP) is 3.11. The van der Waals surface area contributed by atoms with Crippen molar-refractivity contribution in [3.05, 3.63) is 58.6 Å². The Kier molecular flexibility index (Phi) is 5.03. The van der Waals surface area contributed by atoms with Crippen molar-refractivity contribution in [2.24, 2.45) is 0 Å². The van der Waals surface area contributed by atoms with Crippen molar-refractivity contribution < 1.29 is 13.2 Å². The van der Waals surface area contributed by atoms with Crippen molar-refractivity contribution >= 4 is 44.8 Å². The molecule has 0 radical (unpaired) electrons. The second-order valence-electron chi connectivity index (χ2n) is 6.94. The van der Waals surface area contributed by atoms with E-state index in [0.717, 1.165) is 5.69 Å². The molecular weight excluding hydrogens is 421 g/mol. The Bertz CT molecular complexity index is 1010. The van der Waals surface area contributed by atoms with E-state index in [1.54, 1.807) is 6.07 Å². The van der Waals surface area contributed by atoms with Crippen LogP contribution < -0.4 is 10.2 Å². The summed E-state index contributed by atoms with van der Waals surface area (Å²) in [5, 5.41) is 3.35. The molecule has 2 saturated heterocycles. The summed E-state index contributed by atoms with van der Waals surface area (Å²) in [4.78, 5) is 14.7. The van der Waals surface area contributed by atoms with Crippen molar-refractivity contribution in [2.75, 3.05) is 24.7 Å². The van der Waals surface area contributed by atoms with Gasteiger partial charge in [0.25, 0.3) is 0 Å². The number of benzene rings is 2. The Morgan fingerprint density at radius 3 is 2.36 bits per heavy atom. The van der Waals surface area contributed by atoms with E-state index in [1.165, 1.54) is 16.4 Å². The number of halogens is 2. The lowest BCUT2D eigenvalue weighted by atomic mass is 9.86. The van der Waals surface area contributed by atoms with Gasteiger partial charge in [-0.15, -0.1) is 0 Å². The number of hydrogen-bond acceptors (Lipinski definition) is 4. The standard InChI is InChI=1S/C19H19Cl2N3O3S/c20-14-6-7-16(21)17(12-14)28(26,27)23-10-8-19(9-11-23)18(25)22-13-24(19)15-4-2-1-3-5-15/h1-7,12H,8-11,13H2,(H,22,25). The molecule has 2 aliphatic heterocycles. The molecule has 1 spiro atoms. The Balaban J connectivity index is 1.60. The third-order valence-corrected chi connectivity index (χ3v) is 8.08. The summed E-state index contributed by atoms with van der Waals surface area (Å²) in [5.41, 5.74) is 0.195. The van der Waals surface area contributed by atoms with E-state index in [4.69, 9.17) is 23.2 Å². The molecule has 0 unspecified atom stereocenters. The number of nitrogens with zero attached hydrogens (tertiary/aromatic N) is 2. The van der Waals surface area contributed by atoms with Gasteiger partial charge in [0.1, 0.15) is 10.4 Å². The molecule has 2 heterocycles. The lowest BCUT2D eigenvalue weighted by molar-refractivity contribution is -0.124. The number of carbonyl (C=O) groups is 1. The van der Waals surface area contributed by atoms with E-state index < -0.39 is 15.6 Å². The number of rotatable bonds is 3. The lowest BCUT2D eigenvalue weighted by Gasteiger charge is -2.42. The van der Waals surface area contributed by atoms with Crippen molar-refractivity contribution in [3.8, 4) is 0 Å². The van der Waals surface area contributed by atoms with Crippen LogP contribution in [0.1, 0.15) is 12.8 Å². The first-order valence-corrected chi connectivity index (χ1v) is 11.1. The molecule has 0 atom stereocenters. The van der Waals surface area contributed by atoms with Gasteiger partial charge < -0.3 is 10.2 Å². The monoisotopic (exact) mass is 439 g/mol. The molecule has 4 rings (SSSR count). The fourth-order valence-corrected chi connectivity index (χ4v) is 6.12. The van der Waals surface area contributed by atoms with Crippen LogP contribution in [0.5, 0.6) is 0 Å². The molecule has 2 aromatic rings. The smallest absolute Gasteiger partial charge is 0.247 e. The highest BCUT2D eigenvalue weighted by Crippen LogP contribution is 2.38. The third kappa shape index (κ3) is 3.16. The number of amides is 1. The van der Waals surface area contributed by atoms with Crippen LogP contribution in [0.4, 0.5) is 5.69 Å². The zero-order chi connectivity index (χ0) is 19.9. The summed E-state index contributed by atoms with van der Waals surface area (Å²) < 4.78 is 27.5. The minimum Gasteiger partial charge on any atom is -0.339 e. The average molecular weight is 440 g/mol. The van der Waals surface area contributed by atoms with Crippen LogP contribution in [0.2, 0.25) is 10.0 Å². The molecule has 28 heavy (non-hydrogen) atoms. The minimum atomic E-state index is -3.79. The first kappa shape index (κ1) is 19.5. The molecule has 0 bridgehead atoms. The third-order valence-electron chi connectivity index (χ3n) is 5.47. The van der Waals surface area contributed by atoms with Gasteiger partial charge in [-0.1, -0.05) is 41.4 Å². The van der Waals surface area contributed by atoms with E-state index in [0.29, 0.717) is 24.5 Å². The molecule has 6 nitrogen and oxygen atoms in total. The fraction of sp³-hybridized carbons (Fsp3) is 0.316. The highest BCUT2D eigenvalue weighted by atomic mass is 35.5. The Labute approximate surface area is 174 Å². The number of piperidine rings is 1. The molecule has 0 saturated carbocycles. The van der Waals surface area contributed by atoms with Crippen molar-refractivity contribution in [1.82, 2.24) is 9.62 Å². The SMILES string of the molecule is O=C1NCN(c2ccccc2)C12CCN(S(=O)(=O)c1cc(Cl)ccc1Cl)CC2. The number of anilines is 1. The predicted molar refractivity (Wildman–Crippen MR) is 109 cm³/mol. The van der Waals surface area contributed by atoms with Crippen LogP contribution in [-0.4, -0.2) is 43.9 Å². The first-order valence-electron chi connectivity index (χ1n) is 8.91. The summed E-state index contributed by atoms with van der Waals surface area (Å²) in [6.07, 6.45) is 0.788. The quantitative estimate of drug-likeness (QED) is 0.797. The van der Waals surface area contributed by atoms with Crippen LogP contribution in [0.15, 0.2) is 53.4 Å². The van der Waals surface area contributed by atoms with Gasteiger partial charge in [-0.05, 0) is 43.2 Å². The second kappa shape index (κ2) is 7.22. The van der Waals surface area contributed by atoms with Crippen LogP contribution >= 0.6 is 23.2 Å². The van der Waals surface area contributed by atoms with Gasteiger partial charge in [0.2, 0.25) is 15.9 Å². The molecule has 0 aromatic heterocycles. The second-order valence-corrected chi connectivity index (χ2v) is 9.69. The number of carbonyl (C=O) groups excluding carboxylic acids is 1. The normalized spacial score (nSPS) is 19.8. The largest absolute Gasteiger partial charge is 0.339 e. The van der Waals surface area contributed by atoms with E-state index >= 15 is 0 Å². The van der Waals surface area contributed by atoms with Crippen molar-refractivity contribution in [3.63, 3.8) is 0 Å². The van der Waals surface area contributed by atoms with E-state index in [9.17, 15) is 13.2 Å². The highest BCUT2D eigenvalue weighted by molar-refractivity contribution is 7.89. The van der Waals surface area contributed by atoms with Crippen LogP contribution in [0.25, 0.3) is 0 Å². The van der Waals surface area contributed by atoms with Gasteiger partial charge >= 0.3 is 0 Å². The summed E-state index contributed by atoms with van der Waals surface area (Å²) in [6.45, 7) is 0.861. The fourth-order valence-electron chi connectivity index (χ4n) is 3.94. The van der Waals surface area contributed by atoms with E-state index in [-0.39, 0.29) is 28.9 Å². The van der Waals surface area contributed by atoms with Gasteiger partial charge in [0.15, 0.2) is 0 Å². The number of para-hydroxylation sites is 1. The number of hydrogen-bond donors (Lipinski definition) is 1. The summed E-state index contributed by atoms with van der Waals surface area (Å²) in [7, 11) is -3.79. The molecule has 1 N–H and O–H groups in total. The number of nitrogens with one attached hydrogen (secondary N) is 1. The minimum absolute atomic E-state index is 0.00611. The summed E-state index contributed by atoms with van der Waals surface area (Å²) in [5.74, 6) is -0.0609. The Morgan fingerprint density at radius 2 is 1.68 bits per heavy atom. The summed E-state index contributed by atoms with van der Waals surface area (Å²) >= 11 is 12.1. The van der Waals surface area contributed by atoms with Gasteiger partial charge in [0, 0.05) is 23.8 Å². The van der Waals surface area contributed by atoms with Crippen molar-refractivity contribution in [2.45, 2.75) is 23.3 Å². The molecule has 2 aliphatic rings. The highest BCUT2D eigenvalue weighted by Gasteiger charge is 2.51. The van der Waals surface area contributed by atoms with Gasteiger partial charge in [0.05, 0.1) is 11.7 Å². The topological polar surface area (TPSA) is 69.7 Å². The molecule has 0 aliphatic carbocycles. The maximum atomic E-state index is 13.1. The van der Waals surface area contributed by atoms with Crippen LogP contribution in [0.3, 0.4) is 0 Å². The molecule has 148 valence electrons. The molecule has 9 heteroatoms. The van der Waals surface area contributed by atoms with Crippen LogP contribution in [-0.2, 0) is 14.8 Å². The molecular formula is C19H19Cl2N3O3S. The Morgan fingerprint density at radius 1 is 1.00 bits per heavy atom. The average Bonchev–Trinajstić information content (AvgIpc) is 3.00. The van der Waals surface area contributed by atoms with E-state index in [2.05, 4.69) is 5.32 Å². The van der Waals surface area contributed by atoms with E-state index in [1.807, 2.05) is 35.2 Å². The number of sulfonamides is 1. The van der Waals surface area contributed by atoms with Gasteiger partial charge in [-0.3, -0.25) is 4.79 Å². The molecule has 2 aromatic carbocycles. The molecule has 2 fully saturated rings. The maximum absolute atomic E-state index is 13.1. The zero-order valence-corrected chi connectivity index (χ0v) is 17.3. The van der Waals surface area contributed by atoms with Crippen LogP contribution in [0, 0.1) is 0 Å². The lowest BCUT2D eigenvalue weighted by Crippen LogP contribution is -2.57. The van der Waals surface area contributed by atoms with Gasteiger partial charge in [-0.2, -0.15) is 4.31 Å². The van der Waals surface area contributed by atoms with Gasteiger partial charge in [-0.25, -0.2) is 8.42 Å².